The Balaban J connectivity index is 2.23. The fourth-order valence-corrected chi connectivity index (χ4v) is 1.86. The number of benzene rings is 2. The van der Waals surface area contributed by atoms with Gasteiger partial charge in [0.15, 0.2) is 11.6 Å². The van der Waals surface area contributed by atoms with Crippen LogP contribution < -0.4 is 10.2 Å². The minimum absolute atomic E-state index is 0.0246. The Hall–Kier alpha value is -1.63. The second-order valence-electron chi connectivity index (χ2n) is 4.03. The summed E-state index contributed by atoms with van der Waals surface area (Å²) in [5.41, 5.74) is -0.217. The summed E-state index contributed by atoms with van der Waals surface area (Å²) in [4.78, 5) is 0. The van der Waals surface area contributed by atoms with E-state index in [1.165, 1.54) is 0 Å². The Morgan fingerprint density at radius 2 is 1.80 bits per heavy atom. The average molecular weight is 298 g/mol. The molecule has 0 heterocycles. The van der Waals surface area contributed by atoms with E-state index in [2.05, 4.69) is 0 Å². The zero-order chi connectivity index (χ0) is 14.7. The average Bonchev–Trinajstić information content (AvgIpc) is 2.39. The molecule has 0 spiro atoms. The van der Waals surface area contributed by atoms with Gasteiger partial charge in [-0.1, -0.05) is 29.8 Å². The van der Waals surface area contributed by atoms with Gasteiger partial charge in [-0.2, -0.15) is 0 Å². The molecule has 0 radical (unpaired) electrons. The van der Waals surface area contributed by atoms with Crippen molar-refractivity contribution in [3.63, 3.8) is 0 Å². The van der Waals surface area contributed by atoms with Crippen LogP contribution in [0.3, 0.4) is 0 Å². The van der Waals surface area contributed by atoms with Crippen molar-refractivity contribution >= 4 is 24.2 Å². The lowest BCUT2D eigenvalue weighted by Crippen LogP contribution is -2.36. The normalized spacial score (nSPS) is 10.4. The fraction of sp³-hybridized carbons (Fsp3) is 0.0769. The minimum atomic E-state index is -2.25. The lowest BCUT2D eigenvalue weighted by atomic mass is 9.79. The van der Waals surface area contributed by atoms with Crippen LogP contribution in [0.1, 0.15) is 5.56 Å². The molecule has 0 bridgehead atoms. The minimum Gasteiger partial charge on any atom is -0.486 e. The Kier molecular flexibility index (Phi) is 4.59. The zero-order valence-electron chi connectivity index (χ0n) is 10.2. The monoisotopic (exact) mass is 298 g/mol. The van der Waals surface area contributed by atoms with E-state index >= 15 is 0 Å². The van der Waals surface area contributed by atoms with Gasteiger partial charge >= 0.3 is 7.12 Å². The molecule has 0 unspecified atom stereocenters. The first-order valence-electron chi connectivity index (χ1n) is 5.71. The van der Waals surface area contributed by atoms with Gasteiger partial charge in [0.2, 0.25) is 0 Å². The third kappa shape index (κ3) is 3.09. The molecule has 20 heavy (non-hydrogen) atoms. The molecule has 0 aromatic heterocycles. The summed E-state index contributed by atoms with van der Waals surface area (Å²) in [5.74, 6) is -2.48. The molecule has 2 aromatic rings. The van der Waals surface area contributed by atoms with Gasteiger partial charge in [0, 0.05) is 10.6 Å². The zero-order valence-corrected chi connectivity index (χ0v) is 10.9. The van der Waals surface area contributed by atoms with Crippen LogP contribution in [0.15, 0.2) is 36.4 Å². The molecule has 104 valence electrons. The van der Waals surface area contributed by atoms with Crippen molar-refractivity contribution in [1.82, 2.24) is 0 Å². The molecular formula is C13H10BClF2O3. The van der Waals surface area contributed by atoms with Crippen LogP contribution in [-0.4, -0.2) is 17.2 Å². The van der Waals surface area contributed by atoms with Crippen LogP contribution in [0.25, 0.3) is 0 Å². The first-order valence-corrected chi connectivity index (χ1v) is 6.08. The van der Waals surface area contributed by atoms with Gasteiger partial charge < -0.3 is 14.8 Å². The molecule has 0 saturated carbocycles. The Bertz CT molecular complexity index is 623. The van der Waals surface area contributed by atoms with Crippen LogP contribution in [-0.2, 0) is 6.61 Å². The molecule has 0 amide bonds. The highest BCUT2D eigenvalue weighted by Gasteiger charge is 2.24. The molecule has 0 fully saturated rings. The summed E-state index contributed by atoms with van der Waals surface area (Å²) in [6, 6.07) is 8.82. The number of halogens is 3. The number of ether oxygens (including phenoxy) is 1. The first-order chi connectivity index (χ1) is 9.50. The molecule has 0 atom stereocenters. The van der Waals surface area contributed by atoms with E-state index in [0.717, 1.165) is 12.1 Å². The third-order valence-electron chi connectivity index (χ3n) is 2.69. The molecule has 0 aliphatic heterocycles. The van der Waals surface area contributed by atoms with Gasteiger partial charge in [-0.05, 0) is 18.2 Å². The summed E-state index contributed by atoms with van der Waals surface area (Å²) in [6.07, 6.45) is 0. The number of rotatable bonds is 4. The standard InChI is InChI=1S/C13H10BClF2O3/c15-9-4-2-1-3-8(9)7-20-11-6-5-10(16)12(13(11)17)14(18)19/h1-6,18-19H,7H2. The summed E-state index contributed by atoms with van der Waals surface area (Å²) in [6.45, 7) is -0.0246. The summed E-state index contributed by atoms with van der Waals surface area (Å²) >= 11 is 5.92. The maximum absolute atomic E-state index is 13.9. The lowest BCUT2D eigenvalue weighted by Gasteiger charge is -2.11. The van der Waals surface area contributed by atoms with Gasteiger partial charge in [-0.3, -0.25) is 0 Å². The largest absolute Gasteiger partial charge is 0.494 e. The van der Waals surface area contributed by atoms with Crippen molar-refractivity contribution in [3.8, 4) is 5.75 Å². The molecule has 0 aliphatic carbocycles. The van der Waals surface area contributed by atoms with Gasteiger partial charge in [-0.25, -0.2) is 8.78 Å². The molecular weight excluding hydrogens is 288 g/mol. The lowest BCUT2D eigenvalue weighted by molar-refractivity contribution is 0.289. The summed E-state index contributed by atoms with van der Waals surface area (Å²) in [7, 11) is -2.25. The first kappa shape index (κ1) is 14.8. The van der Waals surface area contributed by atoms with Crippen molar-refractivity contribution in [1.29, 1.82) is 0 Å². The van der Waals surface area contributed by atoms with Crippen LogP contribution >= 0.6 is 11.6 Å². The van der Waals surface area contributed by atoms with E-state index in [0.29, 0.717) is 10.6 Å². The second-order valence-corrected chi connectivity index (χ2v) is 4.43. The Labute approximate surface area is 119 Å². The van der Waals surface area contributed by atoms with E-state index < -0.39 is 24.2 Å². The summed E-state index contributed by atoms with van der Waals surface area (Å²) in [5, 5.41) is 18.3. The van der Waals surface area contributed by atoms with Crippen molar-refractivity contribution in [2.75, 3.05) is 0 Å². The van der Waals surface area contributed by atoms with Gasteiger partial charge in [0.1, 0.15) is 12.4 Å². The third-order valence-corrected chi connectivity index (χ3v) is 3.06. The molecule has 2 rings (SSSR count). The van der Waals surface area contributed by atoms with E-state index in [1.54, 1.807) is 24.3 Å². The molecule has 7 heteroatoms. The number of hydrogen-bond acceptors (Lipinski definition) is 3. The van der Waals surface area contributed by atoms with Gasteiger partial charge in [0.25, 0.3) is 0 Å². The van der Waals surface area contributed by atoms with E-state index in [9.17, 15) is 8.78 Å². The molecule has 0 saturated heterocycles. The van der Waals surface area contributed by atoms with Gasteiger partial charge in [-0.15, -0.1) is 0 Å². The van der Waals surface area contributed by atoms with Crippen molar-refractivity contribution in [2.45, 2.75) is 6.61 Å². The Morgan fingerprint density at radius 1 is 1.10 bits per heavy atom. The van der Waals surface area contributed by atoms with Crippen LogP contribution in [0.2, 0.25) is 5.02 Å². The maximum Gasteiger partial charge on any atom is 0.494 e. The summed E-state index contributed by atoms with van der Waals surface area (Å²) < 4.78 is 32.3. The van der Waals surface area contributed by atoms with Crippen molar-refractivity contribution < 1.29 is 23.6 Å². The predicted octanol–water partition coefficient (Wildman–Crippen LogP) is 1.88. The van der Waals surface area contributed by atoms with Crippen LogP contribution in [0.5, 0.6) is 5.75 Å². The second kappa shape index (κ2) is 6.22. The number of hydrogen-bond donors (Lipinski definition) is 2. The molecule has 2 aromatic carbocycles. The highest BCUT2D eigenvalue weighted by Crippen LogP contribution is 2.21. The molecule has 2 N–H and O–H groups in total. The van der Waals surface area contributed by atoms with Crippen LogP contribution in [0, 0.1) is 11.6 Å². The topological polar surface area (TPSA) is 49.7 Å². The highest BCUT2D eigenvalue weighted by molar-refractivity contribution is 6.58. The smallest absolute Gasteiger partial charge is 0.486 e. The Morgan fingerprint density at radius 3 is 2.45 bits per heavy atom. The quantitative estimate of drug-likeness (QED) is 0.847. The fourth-order valence-electron chi connectivity index (χ4n) is 1.67. The highest BCUT2D eigenvalue weighted by atomic mass is 35.5. The SMILES string of the molecule is OB(O)c1c(F)ccc(OCc2ccccc2Cl)c1F. The van der Waals surface area contributed by atoms with Crippen LogP contribution in [0.4, 0.5) is 8.78 Å². The van der Waals surface area contributed by atoms with E-state index in [1.807, 2.05) is 0 Å². The van der Waals surface area contributed by atoms with Gasteiger partial charge in [0.05, 0.1) is 5.46 Å². The van der Waals surface area contributed by atoms with Crippen molar-refractivity contribution in [2.24, 2.45) is 0 Å². The van der Waals surface area contributed by atoms with E-state index in [4.69, 9.17) is 26.4 Å². The predicted molar refractivity (Wildman–Crippen MR) is 72.0 cm³/mol. The maximum atomic E-state index is 13.9. The van der Waals surface area contributed by atoms with E-state index in [-0.39, 0.29) is 12.4 Å². The molecule has 0 aliphatic rings. The molecule has 3 nitrogen and oxygen atoms in total. The van der Waals surface area contributed by atoms with Crippen molar-refractivity contribution in [3.05, 3.63) is 58.6 Å².